The molecular weight excluding hydrogens is 174 g/mol. The Balaban J connectivity index is 1.70. The number of ether oxygens (including phenoxy) is 1. The second-order valence-electron chi connectivity index (χ2n) is 4.85. The topological polar surface area (TPSA) is 21.3 Å². The van der Waals surface area contributed by atoms with Crippen molar-refractivity contribution in [3.63, 3.8) is 0 Å². The molecule has 1 N–H and O–H groups in total. The van der Waals surface area contributed by atoms with Crippen LogP contribution in [-0.4, -0.2) is 19.7 Å². The molecule has 0 aromatic rings. The number of hydrogen-bond donors (Lipinski definition) is 1. The second-order valence-corrected chi connectivity index (χ2v) is 4.85. The monoisotopic (exact) mass is 193 g/mol. The van der Waals surface area contributed by atoms with Gasteiger partial charge < -0.3 is 10.1 Å². The van der Waals surface area contributed by atoms with E-state index in [-0.39, 0.29) is 0 Å². The van der Waals surface area contributed by atoms with Crippen molar-refractivity contribution in [1.82, 2.24) is 5.32 Å². The number of hydrogen-bond acceptors (Lipinski definition) is 2. The summed E-state index contributed by atoms with van der Waals surface area (Å²) in [6.45, 7) is 0.898. The molecule has 0 bridgehead atoms. The van der Waals surface area contributed by atoms with Gasteiger partial charge >= 0.3 is 0 Å². The molecule has 1 aliphatic heterocycles. The highest BCUT2D eigenvalue weighted by Crippen LogP contribution is 2.59. The highest BCUT2D eigenvalue weighted by Gasteiger charge is 2.56. The van der Waals surface area contributed by atoms with Gasteiger partial charge in [-0.15, -0.1) is 0 Å². The second kappa shape index (κ2) is 3.27. The molecule has 2 nitrogen and oxygen atoms in total. The van der Waals surface area contributed by atoms with Gasteiger partial charge in [0.25, 0.3) is 0 Å². The number of fused-ring (bicyclic) bond motifs is 1. The van der Waals surface area contributed by atoms with Crippen LogP contribution in [0, 0.1) is 17.8 Å². The van der Waals surface area contributed by atoms with Gasteiger partial charge in [0.2, 0.25) is 0 Å². The van der Waals surface area contributed by atoms with E-state index in [1.165, 1.54) is 25.0 Å². The van der Waals surface area contributed by atoms with Crippen LogP contribution in [0.1, 0.15) is 25.7 Å². The van der Waals surface area contributed by atoms with E-state index in [1.54, 1.807) is 0 Å². The quantitative estimate of drug-likeness (QED) is 0.739. The first-order valence-electron chi connectivity index (χ1n) is 5.92. The summed E-state index contributed by atoms with van der Waals surface area (Å²) >= 11 is 0. The van der Waals surface area contributed by atoms with Gasteiger partial charge in [0.1, 0.15) is 5.76 Å². The van der Waals surface area contributed by atoms with E-state index in [9.17, 15) is 0 Å². The van der Waals surface area contributed by atoms with Gasteiger partial charge in [0, 0.05) is 6.42 Å². The van der Waals surface area contributed by atoms with Crippen molar-refractivity contribution >= 4 is 0 Å². The Morgan fingerprint density at radius 2 is 2.21 bits per heavy atom. The van der Waals surface area contributed by atoms with Crippen LogP contribution in [0.5, 0.6) is 0 Å². The molecule has 3 atom stereocenters. The van der Waals surface area contributed by atoms with Gasteiger partial charge in [-0.3, -0.25) is 0 Å². The van der Waals surface area contributed by atoms with E-state index >= 15 is 0 Å². The van der Waals surface area contributed by atoms with Crippen LogP contribution in [0.3, 0.4) is 0 Å². The molecule has 78 valence electrons. The van der Waals surface area contributed by atoms with Crippen LogP contribution in [0.15, 0.2) is 11.8 Å². The minimum atomic E-state index is 0.521. The van der Waals surface area contributed by atoms with Gasteiger partial charge in [-0.2, -0.15) is 0 Å². The summed E-state index contributed by atoms with van der Waals surface area (Å²) < 4.78 is 5.67. The van der Waals surface area contributed by atoms with E-state index in [4.69, 9.17) is 4.74 Å². The Hall–Kier alpha value is -0.500. The van der Waals surface area contributed by atoms with Crippen molar-refractivity contribution in [1.29, 1.82) is 0 Å². The Labute approximate surface area is 85.7 Å². The van der Waals surface area contributed by atoms with Crippen molar-refractivity contribution in [3.05, 3.63) is 11.8 Å². The fourth-order valence-electron chi connectivity index (χ4n) is 3.55. The molecule has 2 fully saturated rings. The first-order chi connectivity index (χ1) is 6.92. The smallest absolute Gasteiger partial charge is 0.109 e. The molecule has 3 rings (SSSR count). The van der Waals surface area contributed by atoms with E-state index < -0.39 is 0 Å². The fourth-order valence-corrected chi connectivity index (χ4v) is 3.55. The van der Waals surface area contributed by atoms with Crippen LogP contribution in [0.25, 0.3) is 0 Å². The van der Waals surface area contributed by atoms with Crippen LogP contribution in [-0.2, 0) is 4.74 Å². The highest BCUT2D eigenvalue weighted by molar-refractivity contribution is 5.17. The lowest BCUT2D eigenvalue weighted by Crippen LogP contribution is -2.31. The van der Waals surface area contributed by atoms with Gasteiger partial charge in [-0.05, 0) is 43.7 Å². The molecule has 0 radical (unpaired) electrons. The van der Waals surface area contributed by atoms with Gasteiger partial charge in [-0.1, -0.05) is 6.42 Å². The third kappa shape index (κ3) is 1.20. The van der Waals surface area contributed by atoms with Crippen LogP contribution in [0.4, 0.5) is 0 Å². The van der Waals surface area contributed by atoms with E-state index in [1.807, 2.05) is 0 Å². The maximum Gasteiger partial charge on any atom is 0.109 e. The third-order valence-electron chi connectivity index (χ3n) is 4.21. The van der Waals surface area contributed by atoms with Crippen LogP contribution >= 0.6 is 0 Å². The van der Waals surface area contributed by atoms with E-state index in [0.717, 1.165) is 30.8 Å². The minimum absolute atomic E-state index is 0.521. The van der Waals surface area contributed by atoms with Crippen molar-refractivity contribution < 1.29 is 4.74 Å². The van der Waals surface area contributed by atoms with Crippen LogP contribution < -0.4 is 5.32 Å². The molecule has 0 amide bonds. The van der Waals surface area contributed by atoms with E-state index in [2.05, 4.69) is 18.4 Å². The molecular formula is C12H19NO. The third-order valence-corrected chi connectivity index (χ3v) is 4.21. The standard InChI is InChI=1S/C12H19NO/c1-13-12(10-6-3-7-14-10)11-8-4-2-5-9(8)11/h6,8-9,11-13H,2-5,7H2,1H3. The summed E-state index contributed by atoms with van der Waals surface area (Å²) in [6, 6.07) is 0.521. The Bertz CT molecular complexity index is 251. The first-order valence-corrected chi connectivity index (χ1v) is 5.92. The van der Waals surface area contributed by atoms with Crippen molar-refractivity contribution in [3.8, 4) is 0 Å². The minimum Gasteiger partial charge on any atom is -0.496 e. The predicted molar refractivity (Wildman–Crippen MR) is 55.8 cm³/mol. The van der Waals surface area contributed by atoms with Gasteiger partial charge in [0.05, 0.1) is 12.6 Å². The van der Waals surface area contributed by atoms with Crippen molar-refractivity contribution in [2.24, 2.45) is 17.8 Å². The molecule has 2 aliphatic carbocycles. The zero-order chi connectivity index (χ0) is 9.54. The summed E-state index contributed by atoms with van der Waals surface area (Å²) in [5.74, 6) is 4.14. The zero-order valence-corrected chi connectivity index (χ0v) is 8.83. The summed E-state index contributed by atoms with van der Waals surface area (Å²) in [7, 11) is 2.07. The number of rotatable bonds is 3. The molecule has 0 aromatic heterocycles. The Morgan fingerprint density at radius 1 is 1.43 bits per heavy atom. The van der Waals surface area contributed by atoms with E-state index in [0.29, 0.717) is 6.04 Å². The largest absolute Gasteiger partial charge is 0.496 e. The Morgan fingerprint density at radius 3 is 2.79 bits per heavy atom. The van der Waals surface area contributed by atoms with Gasteiger partial charge in [0.15, 0.2) is 0 Å². The molecule has 1 heterocycles. The molecule has 0 spiro atoms. The summed E-state index contributed by atoms with van der Waals surface area (Å²) in [4.78, 5) is 0. The normalized spacial score (nSPS) is 41.5. The maximum absolute atomic E-state index is 5.67. The number of likely N-dealkylation sites (N-methyl/N-ethyl adjacent to an activating group) is 1. The average molecular weight is 193 g/mol. The molecule has 0 aromatic carbocycles. The maximum atomic E-state index is 5.67. The summed E-state index contributed by atoms with van der Waals surface area (Å²) in [5, 5.41) is 3.44. The van der Waals surface area contributed by atoms with Crippen molar-refractivity contribution in [2.75, 3.05) is 13.7 Å². The number of nitrogens with one attached hydrogen (secondary N) is 1. The Kier molecular flexibility index (Phi) is 2.05. The van der Waals surface area contributed by atoms with Crippen molar-refractivity contribution in [2.45, 2.75) is 31.7 Å². The lowest BCUT2D eigenvalue weighted by Gasteiger charge is -2.19. The molecule has 0 saturated heterocycles. The fraction of sp³-hybridized carbons (Fsp3) is 0.833. The highest BCUT2D eigenvalue weighted by atomic mass is 16.5. The van der Waals surface area contributed by atoms with Gasteiger partial charge in [-0.25, -0.2) is 0 Å². The molecule has 2 saturated carbocycles. The lowest BCUT2D eigenvalue weighted by molar-refractivity contribution is 0.205. The SMILES string of the molecule is CNC(C1=CCCO1)C1C2CCCC21. The lowest BCUT2D eigenvalue weighted by atomic mass is 10.0. The predicted octanol–water partition coefficient (Wildman–Crippen LogP) is 1.92. The van der Waals surface area contributed by atoms with Crippen LogP contribution in [0.2, 0.25) is 0 Å². The molecule has 2 heteroatoms. The molecule has 3 unspecified atom stereocenters. The zero-order valence-electron chi connectivity index (χ0n) is 8.83. The summed E-state index contributed by atoms with van der Waals surface area (Å²) in [5.41, 5.74) is 0. The average Bonchev–Trinajstić information content (AvgIpc) is 2.67. The molecule has 14 heavy (non-hydrogen) atoms. The summed E-state index contributed by atoms with van der Waals surface area (Å²) in [6.07, 6.45) is 7.76. The molecule has 3 aliphatic rings. The first kappa shape index (κ1) is 8.78.